The molecular weight excluding hydrogens is 290 g/mol. The van der Waals surface area contributed by atoms with Crippen molar-refractivity contribution in [3.8, 4) is 0 Å². The van der Waals surface area contributed by atoms with Crippen molar-refractivity contribution in [1.82, 2.24) is 5.32 Å². The molecule has 1 rings (SSSR count). The van der Waals surface area contributed by atoms with E-state index >= 15 is 0 Å². The van der Waals surface area contributed by atoms with Crippen molar-refractivity contribution < 1.29 is 14.3 Å². The Labute approximate surface area is 142 Å². The van der Waals surface area contributed by atoms with E-state index in [9.17, 15) is 4.79 Å². The molecule has 1 aliphatic rings. The minimum absolute atomic E-state index is 0.101. The van der Waals surface area contributed by atoms with E-state index in [-0.39, 0.29) is 5.78 Å². The number of carbonyl (C=O) groups is 1. The van der Waals surface area contributed by atoms with Crippen LogP contribution < -0.4 is 5.32 Å². The number of nitrogens with one attached hydrogen (secondary N) is 1. The van der Waals surface area contributed by atoms with Crippen molar-refractivity contribution in [3.63, 3.8) is 0 Å². The molecule has 0 saturated carbocycles. The molecule has 1 fully saturated rings. The highest BCUT2D eigenvalue weighted by Crippen LogP contribution is 2.24. The summed E-state index contributed by atoms with van der Waals surface area (Å²) in [6.45, 7) is 9.03. The van der Waals surface area contributed by atoms with E-state index in [1.807, 2.05) is 20.8 Å². The number of rotatable bonds is 13. The lowest BCUT2D eigenvalue weighted by Gasteiger charge is -2.30. The zero-order valence-corrected chi connectivity index (χ0v) is 15.7. The molecule has 0 spiro atoms. The maximum atomic E-state index is 12.6. The average molecular weight is 328 g/mol. The van der Waals surface area contributed by atoms with E-state index in [2.05, 4.69) is 12.2 Å². The van der Waals surface area contributed by atoms with Gasteiger partial charge in [-0.15, -0.1) is 0 Å². The van der Waals surface area contributed by atoms with Gasteiger partial charge in [0.15, 0.2) is 5.78 Å². The second-order valence-corrected chi connectivity index (χ2v) is 6.57. The summed E-state index contributed by atoms with van der Waals surface area (Å²) in [4.78, 5) is 12.6. The van der Waals surface area contributed by atoms with E-state index in [0.29, 0.717) is 38.1 Å². The zero-order valence-electron chi connectivity index (χ0n) is 15.7. The molecule has 0 radical (unpaired) electrons. The summed E-state index contributed by atoms with van der Waals surface area (Å²) in [5.74, 6) is -0.916. The van der Waals surface area contributed by atoms with Gasteiger partial charge >= 0.3 is 0 Å². The molecule has 4 heteroatoms. The first-order valence-electron chi connectivity index (χ1n) is 9.69. The van der Waals surface area contributed by atoms with E-state index in [1.165, 1.54) is 32.1 Å². The van der Waals surface area contributed by atoms with Gasteiger partial charge in [0.25, 0.3) is 0 Å². The van der Waals surface area contributed by atoms with Crippen molar-refractivity contribution in [3.05, 3.63) is 0 Å². The van der Waals surface area contributed by atoms with E-state index < -0.39 is 5.79 Å². The van der Waals surface area contributed by atoms with Gasteiger partial charge in [0.2, 0.25) is 5.79 Å². The quantitative estimate of drug-likeness (QED) is 0.515. The average Bonchev–Trinajstić information content (AvgIpc) is 3.00. The fourth-order valence-electron chi connectivity index (χ4n) is 3.58. The monoisotopic (exact) mass is 327 g/mol. The van der Waals surface area contributed by atoms with Crippen LogP contribution in [0.2, 0.25) is 0 Å². The fraction of sp³-hybridized carbons (Fsp3) is 0.947. The summed E-state index contributed by atoms with van der Waals surface area (Å²) in [5, 5.41) is 3.73. The maximum Gasteiger partial charge on any atom is 0.228 e. The van der Waals surface area contributed by atoms with E-state index in [1.54, 1.807) is 0 Å². The van der Waals surface area contributed by atoms with Crippen LogP contribution in [0.1, 0.15) is 85.5 Å². The Balaban J connectivity index is 2.34. The summed E-state index contributed by atoms with van der Waals surface area (Å²) >= 11 is 0. The number of carbonyl (C=O) groups excluding carboxylic acids is 1. The minimum atomic E-state index is -1.02. The predicted octanol–water partition coefficient (Wildman–Crippen LogP) is 4.22. The second-order valence-electron chi connectivity index (χ2n) is 6.57. The Kier molecular flexibility index (Phi) is 10.00. The number of ether oxygens (including phenoxy) is 2. The van der Waals surface area contributed by atoms with Crippen LogP contribution in [0.4, 0.5) is 0 Å². The zero-order chi connectivity index (χ0) is 17.1. The molecule has 1 aliphatic heterocycles. The molecule has 0 aliphatic carbocycles. The molecule has 0 amide bonds. The van der Waals surface area contributed by atoms with Crippen molar-refractivity contribution in [2.24, 2.45) is 0 Å². The summed E-state index contributed by atoms with van der Waals surface area (Å²) in [7, 11) is 0. The third-order valence-electron chi connectivity index (χ3n) is 4.84. The van der Waals surface area contributed by atoms with Crippen LogP contribution >= 0.6 is 0 Å². The molecule has 2 atom stereocenters. The lowest BCUT2D eigenvalue weighted by molar-refractivity contribution is -0.227. The van der Waals surface area contributed by atoms with Crippen molar-refractivity contribution >= 4 is 5.78 Å². The highest BCUT2D eigenvalue weighted by Gasteiger charge is 2.37. The molecule has 0 aromatic heterocycles. The molecular formula is C19H37NO3. The van der Waals surface area contributed by atoms with Crippen LogP contribution in [-0.4, -0.2) is 36.9 Å². The standard InChI is InChI=1S/C19H37NO3/c1-5-9-11-16-14-15-17(20-16)12-10-13-18(21)19(6-2,22-7-3)23-8-4/h16-17,20H,5-15H2,1-4H3/t16-,17-/m1/s1. The molecule has 136 valence electrons. The number of hydrogen-bond donors (Lipinski definition) is 1. The third-order valence-corrected chi connectivity index (χ3v) is 4.84. The second kappa shape index (κ2) is 11.2. The molecule has 1 N–H and O–H groups in total. The van der Waals surface area contributed by atoms with Crippen LogP contribution in [0.25, 0.3) is 0 Å². The predicted molar refractivity (Wildman–Crippen MR) is 94.6 cm³/mol. The van der Waals surface area contributed by atoms with Crippen LogP contribution in [0.15, 0.2) is 0 Å². The third kappa shape index (κ3) is 6.52. The number of ketones is 1. The first-order valence-corrected chi connectivity index (χ1v) is 9.69. The van der Waals surface area contributed by atoms with Crippen LogP contribution in [0.5, 0.6) is 0 Å². The van der Waals surface area contributed by atoms with Gasteiger partial charge in [-0.25, -0.2) is 0 Å². The summed E-state index contributed by atoms with van der Waals surface area (Å²) in [6.07, 6.45) is 9.52. The lowest BCUT2D eigenvalue weighted by Crippen LogP contribution is -2.44. The molecule has 0 aromatic rings. The van der Waals surface area contributed by atoms with Crippen molar-refractivity contribution in [1.29, 1.82) is 0 Å². The molecule has 1 heterocycles. The molecule has 23 heavy (non-hydrogen) atoms. The van der Waals surface area contributed by atoms with Gasteiger partial charge < -0.3 is 14.8 Å². The largest absolute Gasteiger partial charge is 0.344 e. The Hall–Kier alpha value is -0.450. The first-order chi connectivity index (χ1) is 11.1. The van der Waals surface area contributed by atoms with Gasteiger partial charge in [0.05, 0.1) is 0 Å². The van der Waals surface area contributed by atoms with Gasteiger partial charge in [-0.3, -0.25) is 4.79 Å². The van der Waals surface area contributed by atoms with Gasteiger partial charge in [-0.05, 0) is 46.0 Å². The summed E-state index contributed by atoms with van der Waals surface area (Å²) < 4.78 is 11.4. The smallest absolute Gasteiger partial charge is 0.228 e. The van der Waals surface area contributed by atoms with Gasteiger partial charge in [-0.1, -0.05) is 26.7 Å². The van der Waals surface area contributed by atoms with E-state index in [0.717, 1.165) is 12.8 Å². The van der Waals surface area contributed by atoms with Crippen LogP contribution in [0, 0.1) is 0 Å². The molecule has 0 unspecified atom stereocenters. The highest BCUT2D eigenvalue weighted by atomic mass is 16.7. The fourth-order valence-corrected chi connectivity index (χ4v) is 3.58. The Morgan fingerprint density at radius 3 is 2.04 bits per heavy atom. The van der Waals surface area contributed by atoms with Crippen LogP contribution in [-0.2, 0) is 14.3 Å². The SMILES string of the molecule is CCCC[C@@H]1CC[C@@H](CCCC(=O)C(CC)(OCC)OCC)N1. The van der Waals surface area contributed by atoms with Crippen molar-refractivity contribution in [2.45, 2.75) is 103 Å². The normalized spacial score (nSPS) is 21.7. The minimum Gasteiger partial charge on any atom is -0.344 e. The number of Topliss-reactive ketones (excluding diaryl/α,β-unsaturated/α-hetero) is 1. The Bertz CT molecular complexity index is 327. The Morgan fingerprint density at radius 2 is 1.57 bits per heavy atom. The summed E-state index contributed by atoms with van der Waals surface area (Å²) in [6, 6.07) is 1.28. The van der Waals surface area contributed by atoms with E-state index in [4.69, 9.17) is 9.47 Å². The molecule has 0 bridgehead atoms. The van der Waals surface area contributed by atoms with Gasteiger partial charge in [-0.2, -0.15) is 0 Å². The number of hydrogen-bond acceptors (Lipinski definition) is 4. The lowest BCUT2D eigenvalue weighted by atomic mass is 10.00. The first kappa shape index (κ1) is 20.6. The van der Waals surface area contributed by atoms with Gasteiger partial charge in [0.1, 0.15) is 0 Å². The highest BCUT2D eigenvalue weighted by molar-refractivity contribution is 5.85. The molecule has 4 nitrogen and oxygen atoms in total. The number of unbranched alkanes of at least 4 members (excludes halogenated alkanes) is 1. The topological polar surface area (TPSA) is 47.6 Å². The maximum absolute atomic E-state index is 12.6. The van der Waals surface area contributed by atoms with Gasteiger partial charge in [0, 0.05) is 38.1 Å². The van der Waals surface area contributed by atoms with Crippen LogP contribution in [0.3, 0.4) is 0 Å². The summed E-state index contributed by atoms with van der Waals surface area (Å²) in [5.41, 5.74) is 0. The molecule has 0 aromatic carbocycles. The molecule has 1 saturated heterocycles. The van der Waals surface area contributed by atoms with Crippen molar-refractivity contribution in [2.75, 3.05) is 13.2 Å². The Morgan fingerprint density at radius 1 is 1.00 bits per heavy atom.